The fourth-order valence-electron chi connectivity index (χ4n) is 0.900. The van der Waals surface area contributed by atoms with E-state index in [0.29, 0.717) is 21.7 Å². The molecule has 0 aliphatic carbocycles. The Morgan fingerprint density at radius 1 is 1.43 bits per heavy atom. The minimum Gasteiger partial charge on any atom is -0.428 e. The number of hydrogen-bond donors (Lipinski definition) is 1. The summed E-state index contributed by atoms with van der Waals surface area (Å²) in [6.45, 7) is 0. The summed E-state index contributed by atoms with van der Waals surface area (Å²) < 4.78 is 9.16. The maximum atomic E-state index is 5.89. The maximum absolute atomic E-state index is 5.89. The van der Waals surface area contributed by atoms with E-state index in [1.807, 2.05) is 0 Å². The molecule has 72 valence electrons. The van der Waals surface area contributed by atoms with Crippen LogP contribution < -0.4 is 10.5 Å². The molecule has 2 rings (SSSR count). The molecule has 0 fully saturated rings. The van der Waals surface area contributed by atoms with Gasteiger partial charge in [0.25, 0.3) is 5.19 Å². The van der Waals surface area contributed by atoms with Gasteiger partial charge in [0, 0.05) is 23.3 Å². The molecular formula is C8H6ClN3OS. The average Bonchev–Trinajstić information content (AvgIpc) is 2.64. The lowest BCUT2D eigenvalue weighted by molar-refractivity contribution is 0.479. The molecule has 1 aromatic carbocycles. The number of ether oxygens (including phenoxy) is 1. The summed E-state index contributed by atoms with van der Waals surface area (Å²) in [5.74, 6) is 0.489. The lowest BCUT2D eigenvalue weighted by Gasteiger charge is -2.03. The minimum atomic E-state index is 0.442. The molecule has 0 bridgehead atoms. The van der Waals surface area contributed by atoms with Crippen LogP contribution in [-0.4, -0.2) is 9.36 Å². The number of rotatable bonds is 2. The number of hydrogen-bond acceptors (Lipinski definition) is 5. The van der Waals surface area contributed by atoms with Gasteiger partial charge in [0.1, 0.15) is 6.33 Å². The summed E-state index contributed by atoms with van der Waals surface area (Å²) in [5.41, 5.74) is 6.18. The van der Waals surface area contributed by atoms with Crippen molar-refractivity contribution in [3.05, 3.63) is 29.5 Å². The van der Waals surface area contributed by atoms with Crippen LogP contribution in [0.25, 0.3) is 0 Å². The topological polar surface area (TPSA) is 61.0 Å². The molecule has 0 saturated heterocycles. The summed E-state index contributed by atoms with van der Waals surface area (Å²) in [5, 5.41) is 0.937. The monoisotopic (exact) mass is 227 g/mol. The second-order valence-corrected chi connectivity index (χ2v) is 3.65. The molecule has 0 aliphatic rings. The van der Waals surface area contributed by atoms with Gasteiger partial charge in [-0.1, -0.05) is 11.6 Å². The molecule has 0 aliphatic heterocycles. The minimum absolute atomic E-state index is 0.442. The van der Waals surface area contributed by atoms with Crippen LogP contribution in [0.4, 0.5) is 5.69 Å². The van der Waals surface area contributed by atoms with E-state index in [-0.39, 0.29) is 0 Å². The first-order valence-electron chi connectivity index (χ1n) is 3.75. The molecule has 0 saturated carbocycles. The highest BCUT2D eigenvalue weighted by Crippen LogP contribution is 2.31. The molecule has 2 N–H and O–H groups in total. The zero-order valence-corrected chi connectivity index (χ0v) is 8.55. The normalized spacial score (nSPS) is 10.1. The largest absolute Gasteiger partial charge is 0.428 e. The Morgan fingerprint density at radius 3 is 3.00 bits per heavy atom. The van der Waals surface area contributed by atoms with E-state index < -0.39 is 0 Å². The molecule has 1 aromatic heterocycles. The summed E-state index contributed by atoms with van der Waals surface area (Å²) in [6, 6.07) is 5.02. The van der Waals surface area contributed by atoms with Crippen molar-refractivity contribution in [1.82, 2.24) is 9.36 Å². The van der Waals surface area contributed by atoms with Gasteiger partial charge in [-0.25, -0.2) is 0 Å². The van der Waals surface area contributed by atoms with Gasteiger partial charge in [-0.3, -0.25) is 0 Å². The van der Waals surface area contributed by atoms with E-state index in [2.05, 4.69) is 9.36 Å². The van der Waals surface area contributed by atoms with E-state index in [4.69, 9.17) is 22.1 Å². The lowest BCUT2D eigenvalue weighted by Crippen LogP contribution is -1.88. The van der Waals surface area contributed by atoms with Gasteiger partial charge >= 0.3 is 0 Å². The summed E-state index contributed by atoms with van der Waals surface area (Å²) in [6.07, 6.45) is 1.42. The summed E-state index contributed by atoms with van der Waals surface area (Å²) in [4.78, 5) is 3.87. The van der Waals surface area contributed by atoms with Gasteiger partial charge in [-0.05, 0) is 12.1 Å². The van der Waals surface area contributed by atoms with Gasteiger partial charge in [0.15, 0.2) is 5.75 Å². The first-order valence-corrected chi connectivity index (χ1v) is 4.90. The van der Waals surface area contributed by atoms with Gasteiger partial charge in [-0.2, -0.15) is 9.36 Å². The molecule has 4 nitrogen and oxygen atoms in total. The van der Waals surface area contributed by atoms with Gasteiger partial charge in [0.2, 0.25) is 0 Å². The quantitative estimate of drug-likeness (QED) is 0.801. The van der Waals surface area contributed by atoms with Crippen LogP contribution >= 0.6 is 23.1 Å². The van der Waals surface area contributed by atoms with E-state index in [1.165, 1.54) is 6.33 Å². The van der Waals surface area contributed by atoms with Crippen molar-refractivity contribution in [2.45, 2.75) is 0 Å². The first kappa shape index (κ1) is 9.23. The predicted molar refractivity (Wildman–Crippen MR) is 55.8 cm³/mol. The van der Waals surface area contributed by atoms with E-state index >= 15 is 0 Å². The number of halogens is 1. The smallest absolute Gasteiger partial charge is 0.298 e. The summed E-state index contributed by atoms with van der Waals surface area (Å²) >= 11 is 7.04. The highest BCUT2D eigenvalue weighted by Gasteiger charge is 2.05. The van der Waals surface area contributed by atoms with Crippen molar-refractivity contribution < 1.29 is 4.74 Å². The van der Waals surface area contributed by atoms with E-state index in [0.717, 1.165) is 11.5 Å². The van der Waals surface area contributed by atoms with Crippen LogP contribution in [0.15, 0.2) is 24.5 Å². The zero-order chi connectivity index (χ0) is 9.97. The fraction of sp³-hybridized carbons (Fsp3) is 0. The van der Waals surface area contributed by atoms with Crippen molar-refractivity contribution >= 4 is 28.8 Å². The third kappa shape index (κ3) is 1.94. The second kappa shape index (κ2) is 3.81. The standard InChI is InChI=1S/C8H6ClN3OS/c9-6-2-1-5(10)3-7(6)13-8-11-4-12-14-8/h1-4H,10H2. The third-order valence-corrected chi connectivity index (χ3v) is 2.35. The molecule has 0 atom stereocenters. The zero-order valence-electron chi connectivity index (χ0n) is 6.98. The van der Waals surface area contributed by atoms with Gasteiger partial charge in [-0.15, -0.1) is 0 Å². The van der Waals surface area contributed by atoms with Crippen LogP contribution in [0.3, 0.4) is 0 Å². The Morgan fingerprint density at radius 2 is 2.29 bits per heavy atom. The number of benzene rings is 1. The Bertz CT molecular complexity index is 432. The predicted octanol–water partition coefficient (Wildman–Crippen LogP) is 2.57. The van der Waals surface area contributed by atoms with Crippen LogP contribution in [0.5, 0.6) is 10.9 Å². The molecule has 14 heavy (non-hydrogen) atoms. The van der Waals surface area contributed by atoms with Crippen LogP contribution in [-0.2, 0) is 0 Å². The van der Waals surface area contributed by atoms with Crippen LogP contribution in [0.2, 0.25) is 5.02 Å². The molecule has 6 heteroatoms. The Balaban J connectivity index is 2.28. The van der Waals surface area contributed by atoms with E-state index in [9.17, 15) is 0 Å². The molecular weight excluding hydrogens is 222 g/mol. The highest BCUT2D eigenvalue weighted by molar-refractivity contribution is 7.07. The average molecular weight is 228 g/mol. The second-order valence-electron chi connectivity index (χ2n) is 2.50. The van der Waals surface area contributed by atoms with Crippen molar-refractivity contribution in [2.75, 3.05) is 5.73 Å². The lowest BCUT2D eigenvalue weighted by atomic mass is 10.3. The summed E-state index contributed by atoms with van der Waals surface area (Å²) in [7, 11) is 0. The van der Waals surface area contributed by atoms with E-state index in [1.54, 1.807) is 18.2 Å². The molecule has 0 radical (unpaired) electrons. The van der Waals surface area contributed by atoms with Gasteiger partial charge in [0.05, 0.1) is 5.02 Å². The number of nitrogens with two attached hydrogens (primary N) is 1. The fourth-order valence-corrected chi connectivity index (χ4v) is 1.46. The molecule has 0 unspecified atom stereocenters. The maximum Gasteiger partial charge on any atom is 0.298 e. The Kier molecular flexibility index (Phi) is 2.51. The molecule has 2 aromatic rings. The Labute approximate surface area is 89.5 Å². The van der Waals surface area contributed by atoms with Crippen LogP contribution in [0.1, 0.15) is 0 Å². The number of anilines is 1. The third-order valence-electron chi connectivity index (χ3n) is 1.49. The van der Waals surface area contributed by atoms with Gasteiger partial charge < -0.3 is 10.5 Å². The van der Waals surface area contributed by atoms with Crippen molar-refractivity contribution in [3.8, 4) is 10.9 Å². The van der Waals surface area contributed by atoms with Crippen molar-refractivity contribution in [3.63, 3.8) is 0 Å². The number of nitrogen functional groups attached to an aromatic ring is 1. The highest BCUT2D eigenvalue weighted by atomic mass is 35.5. The Hall–Kier alpha value is -1.33. The number of aromatic nitrogens is 2. The SMILES string of the molecule is Nc1ccc(Cl)c(Oc2ncns2)c1. The van der Waals surface area contributed by atoms with Crippen LogP contribution in [0, 0.1) is 0 Å². The molecule has 0 spiro atoms. The number of nitrogens with zero attached hydrogens (tertiary/aromatic N) is 2. The van der Waals surface area contributed by atoms with Crippen molar-refractivity contribution in [1.29, 1.82) is 0 Å². The molecule has 0 amide bonds. The first-order chi connectivity index (χ1) is 6.75. The molecule has 1 heterocycles. The van der Waals surface area contributed by atoms with Crippen molar-refractivity contribution in [2.24, 2.45) is 0 Å².